The standard InChI is InChI=1S/C8H13BrN4/c1-5(10)3-11-8-7(9)6(2)12-4-13-8/h4-5H,3,10H2,1-2H3,(H,11,12,13). The van der Waals surface area contributed by atoms with Crippen molar-refractivity contribution in [3.63, 3.8) is 0 Å². The van der Waals surface area contributed by atoms with Crippen LogP contribution >= 0.6 is 15.9 Å². The van der Waals surface area contributed by atoms with Crippen LogP contribution in [0.15, 0.2) is 10.8 Å². The number of aryl methyl sites for hydroxylation is 1. The van der Waals surface area contributed by atoms with Crippen molar-refractivity contribution in [2.45, 2.75) is 19.9 Å². The molecule has 3 N–H and O–H groups in total. The van der Waals surface area contributed by atoms with Crippen molar-refractivity contribution in [1.82, 2.24) is 9.97 Å². The van der Waals surface area contributed by atoms with Gasteiger partial charge in [0.05, 0.1) is 10.2 Å². The fourth-order valence-corrected chi connectivity index (χ4v) is 1.18. The molecule has 1 rings (SSSR count). The summed E-state index contributed by atoms with van der Waals surface area (Å²) >= 11 is 3.40. The third kappa shape index (κ3) is 2.93. The van der Waals surface area contributed by atoms with Crippen LogP contribution in [0.4, 0.5) is 5.82 Å². The van der Waals surface area contributed by atoms with Gasteiger partial charge in [0, 0.05) is 12.6 Å². The zero-order valence-electron chi connectivity index (χ0n) is 7.71. The van der Waals surface area contributed by atoms with Crippen molar-refractivity contribution < 1.29 is 0 Å². The highest BCUT2D eigenvalue weighted by Crippen LogP contribution is 2.21. The van der Waals surface area contributed by atoms with Crippen molar-refractivity contribution in [1.29, 1.82) is 0 Å². The van der Waals surface area contributed by atoms with Crippen LogP contribution in [0.25, 0.3) is 0 Å². The van der Waals surface area contributed by atoms with Gasteiger partial charge >= 0.3 is 0 Å². The molecule has 4 nitrogen and oxygen atoms in total. The van der Waals surface area contributed by atoms with E-state index < -0.39 is 0 Å². The van der Waals surface area contributed by atoms with Gasteiger partial charge in [0.15, 0.2) is 0 Å². The van der Waals surface area contributed by atoms with Crippen LogP contribution in [0.3, 0.4) is 0 Å². The van der Waals surface area contributed by atoms with E-state index in [1.54, 1.807) is 0 Å². The summed E-state index contributed by atoms with van der Waals surface area (Å²) in [6, 6.07) is 0.113. The van der Waals surface area contributed by atoms with Gasteiger partial charge in [-0.05, 0) is 29.8 Å². The molecule has 0 saturated heterocycles. The number of halogens is 1. The maximum atomic E-state index is 5.61. The van der Waals surface area contributed by atoms with Gasteiger partial charge < -0.3 is 11.1 Å². The average molecular weight is 245 g/mol. The lowest BCUT2D eigenvalue weighted by atomic mass is 10.3. The molecule has 0 saturated carbocycles. The van der Waals surface area contributed by atoms with Crippen molar-refractivity contribution in [2.75, 3.05) is 11.9 Å². The molecule has 0 radical (unpaired) electrons. The molecule has 0 fully saturated rings. The van der Waals surface area contributed by atoms with E-state index in [-0.39, 0.29) is 6.04 Å². The fraction of sp³-hybridized carbons (Fsp3) is 0.500. The minimum absolute atomic E-state index is 0.113. The zero-order valence-corrected chi connectivity index (χ0v) is 9.30. The van der Waals surface area contributed by atoms with Crippen LogP contribution in [0.1, 0.15) is 12.6 Å². The maximum absolute atomic E-state index is 5.61. The molecule has 0 bridgehead atoms. The summed E-state index contributed by atoms with van der Waals surface area (Å²) in [5, 5.41) is 3.13. The Morgan fingerprint density at radius 2 is 2.31 bits per heavy atom. The molecular weight excluding hydrogens is 232 g/mol. The second kappa shape index (κ2) is 4.53. The smallest absolute Gasteiger partial charge is 0.144 e. The molecular formula is C8H13BrN4. The van der Waals surface area contributed by atoms with E-state index >= 15 is 0 Å². The first-order valence-electron chi connectivity index (χ1n) is 4.08. The first kappa shape index (κ1) is 10.4. The number of rotatable bonds is 3. The molecule has 72 valence electrons. The first-order chi connectivity index (χ1) is 6.11. The molecule has 1 heterocycles. The van der Waals surface area contributed by atoms with E-state index in [1.807, 2.05) is 13.8 Å². The van der Waals surface area contributed by atoms with Crippen LogP contribution in [0.2, 0.25) is 0 Å². The number of anilines is 1. The molecule has 0 aliphatic carbocycles. The van der Waals surface area contributed by atoms with E-state index in [0.29, 0.717) is 6.54 Å². The fourth-order valence-electron chi connectivity index (χ4n) is 0.839. The largest absolute Gasteiger partial charge is 0.367 e. The van der Waals surface area contributed by atoms with Crippen LogP contribution < -0.4 is 11.1 Å². The third-order valence-electron chi connectivity index (χ3n) is 1.56. The van der Waals surface area contributed by atoms with E-state index in [2.05, 4.69) is 31.2 Å². The van der Waals surface area contributed by atoms with Crippen molar-refractivity contribution in [3.8, 4) is 0 Å². The monoisotopic (exact) mass is 244 g/mol. The predicted octanol–water partition coefficient (Wildman–Crippen LogP) is 1.31. The average Bonchev–Trinajstić information content (AvgIpc) is 2.07. The molecule has 13 heavy (non-hydrogen) atoms. The Balaban J connectivity index is 2.71. The molecule has 0 spiro atoms. The van der Waals surface area contributed by atoms with Gasteiger partial charge in [-0.25, -0.2) is 9.97 Å². The normalized spacial score (nSPS) is 12.6. The Bertz CT molecular complexity index is 287. The van der Waals surface area contributed by atoms with Crippen LogP contribution in [-0.2, 0) is 0 Å². The number of nitrogens with zero attached hydrogens (tertiary/aromatic N) is 2. The minimum Gasteiger partial charge on any atom is -0.367 e. The Labute approximate surface area is 86.1 Å². The number of aromatic nitrogens is 2. The number of hydrogen-bond donors (Lipinski definition) is 2. The highest BCUT2D eigenvalue weighted by molar-refractivity contribution is 9.10. The van der Waals surface area contributed by atoms with Gasteiger partial charge in [0.2, 0.25) is 0 Å². The van der Waals surface area contributed by atoms with Gasteiger partial charge in [-0.3, -0.25) is 0 Å². The second-order valence-electron chi connectivity index (χ2n) is 2.98. The van der Waals surface area contributed by atoms with Gasteiger partial charge in [-0.15, -0.1) is 0 Å². The summed E-state index contributed by atoms with van der Waals surface area (Å²) in [7, 11) is 0. The SMILES string of the molecule is Cc1ncnc(NCC(C)N)c1Br. The number of nitrogens with two attached hydrogens (primary N) is 1. The van der Waals surface area contributed by atoms with Crippen molar-refractivity contribution in [3.05, 3.63) is 16.5 Å². The predicted molar refractivity (Wildman–Crippen MR) is 56.6 cm³/mol. The lowest BCUT2D eigenvalue weighted by Gasteiger charge is -2.10. The minimum atomic E-state index is 0.113. The number of hydrogen-bond acceptors (Lipinski definition) is 4. The van der Waals surface area contributed by atoms with Crippen molar-refractivity contribution >= 4 is 21.7 Å². The Morgan fingerprint density at radius 1 is 1.62 bits per heavy atom. The molecule has 1 atom stereocenters. The first-order valence-corrected chi connectivity index (χ1v) is 4.87. The molecule has 0 aliphatic heterocycles. The quantitative estimate of drug-likeness (QED) is 0.842. The van der Waals surface area contributed by atoms with E-state index in [4.69, 9.17) is 5.73 Å². The summed E-state index contributed by atoms with van der Waals surface area (Å²) in [4.78, 5) is 8.12. The third-order valence-corrected chi connectivity index (χ3v) is 2.50. The lowest BCUT2D eigenvalue weighted by molar-refractivity contribution is 0.776. The van der Waals surface area contributed by atoms with E-state index in [0.717, 1.165) is 16.0 Å². The highest BCUT2D eigenvalue weighted by atomic mass is 79.9. The van der Waals surface area contributed by atoms with Crippen molar-refractivity contribution in [2.24, 2.45) is 5.73 Å². The second-order valence-corrected chi connectivity index (χ2v) is 3.77. The topological polar surface area (TPSA) is 63.8 Å². The molecule has 0 amide bonds. The maximum Gasteiger partial charge on any atom is 0.144 e. The van der Waals surface area contributed by atoms with Crippen LogP contribution in [0.5, 0.6) is 0 Å². The van der Waals surface area contributed by atoms with Crippen LogP contribution in [-0.4, -0.2) is 22.6 Å². The van der Waals surface area contributed by atoms with Gasteiger partial charge in [0.1, 0.15) is 12.1 Å². The van der Waals surface area contributed by atoms with Crippen LogP contribution in [0, 0.1) is 6.92 Å². The lowest BCUT2D eigenvalue weighted by Crippen LogP contribution is -2.25. The molecule has 1 aromatic rings. The van der Waals surface area contributed by atoms with Gasteiger partial charge in [-0.1, -0.05) is 0 Å². The Morgan fingerprint density at radius 3 is 2.92 bits per heavy atom. The number of nitrogens with one attached hydrogen (secondary N) is 1. The molecule has 0 aliphatic rings. The summed E-state index contributed by atoms with van der Waals surface area (Å²) in [5.74, 6) is 0.796. The van der Waals surface area contributed by atoms with E-state index in [1.165, 1.54) is 6.33 Å². The molecule has 1 unspecified atom stereocenters. The summed E-state index contributed by atoms with van der Waals surface area (Å²) in [5.41, 5.74) is 6.53. The highest BCUT2D eigenvalue weighted by Gasteiger charge is 2.04. The molecule has 5 heteroatoms. The molecule has 1 aromatic heterocycles. The summed E-state index contributed by atoms with van der Waals surface area (Å²) < 4.78 is 0.899. The summed E-state index contributed by atoms with van der Waals surface area (Å²) in [6.45, 7) is 4.56. The zero-order chi connectivity index (χ0) is 9.84. The van der Waals surface area contributed by atoms with Gasteiger partial charge in [0.25, 0.3) is 0 Å². The summed E-state index contributed by atoms with van der Waals surface area (Å²) in [6.07, 6.45) is 1.53. The Hall–Kier alpha value is -0.680. The van der Waals surface area contributed by atoms with E-state index in [9.17, 15) is 0 Å². The molecule has 0 aromatic carbocycles. The van der Waals surface area contributed by atoms with Gasteiger partial charge in [-0.2, -0.15) is 0 Å². The Kier molecular flexibility index (Phi) is 3.62.